The van der Waals surface area contributed by atoms with E-state index in [4.69, 9.17) is 16.6 Å². The summed E-state index contributed by atoms with van der Waals surface area (Å²) in [5.74, 6) is 0.322. The van der Waals surface area contributed by atoms with Gasteiger partial charge in [-0.2, -0.15) is 0 Å². The molecule has 2 aromatic carbocycles. The zero-order valence-corrected chi connectivity index (χ0v) is 16.4. The molecular weight excluding hydrogens is 379 g/mol. The van der Waals surface area contributed by atoms with E-state index in [1.807, 2.05) is 25.2 Å². The zero-order chi connectivity index (χ0) is 19.7. The normalized spacial score (nSPS) is 17.8. The summed E-state index contributed by atoms with van der Waals surface area (Å²) in [7, 11) is 2.02. The van der Waals surface area contributed by atoms with Crippen LogP contribution >= 0.6 is 11.6 Å². The zero-order valence-electron chi connectivity index (χ0n) is 15.7. The Balaban J connectivity index is 1.42. The number of benzene rings is 2. The predicted octanol–water partition coefficient (Wildman–Crippen LogP) is 4.22. The van der Waals surface area contributed by atoms with Gasteiger partial charge in [-0.05, 0) is 49.7 Å². The highest BCUT2D eigenvalue weighted by atomic mass is 35.5. The molecule has 0 spiro atoms. The number of fused-ring (bicyclic) bond motifs is 1. The Labute approximate surface area is 168 Å². The van der Waals surface area contributed by atoms with Crippen LogP contribution in [0.4, 0.5) is 10.1 Å². The summed E-state index contributed by atoms with van der Waals surface area (Å²) >= 11 is 5.80. The Morgan fingerprint density at radius 3 is 2.93 bits per heavy atom. The Bertz CT molecular complexity index is 1020. The number of hydrogen-bond donors (Lipinski definition) is 1. The molecule has 1 N–H and O–H groups in total. The van der Waals surface area contributed by atoms with E-state index in [0.717, 1.165) is 36.2 Å². The third-order valence-corrected chi connectivity index (χ3v) is 5.60. The smallest absolute Gasteiger partial charge is 0.228 e. The molecule has 28 heavy (non-hydrogen) atoms. The van der Waals surface area contributed by atoms with Crippen molar-refractivity contribution in [2.75, 3.05) is 18.4 Å². The van der Waals surface area contributed by atoms with Crippen LogP contribution in [0.3, 0.4) is 0 Å². The Morgan fingerprint density at radius 2 is 2.14 bits per heavy atom. The second-order valence-corrected chi connectivity index (χ2v) is 7.68. The number of rotatable bonds is 4. The van der Waals surface area contributed by atoms with Crippen molar-refractivity contribution in [2.45, 2.75) is 19.4 Å². The van der Waals surface area contributed by atoms with Crippen LogP contribution in [-0.2, 0) is 18.4 Å². The summed E-state index contributed by atoms with van der Waals surface area (Å²) in [6, 6.07) is 12.3. The SMILES string of the molecule is Cn1c(CN2CCC[C@@H](C(=O)Nc3ccc(F)c(Cl)c3)C2)nc2ccccc21. The van der Waals surface area contributed by atoms with E-state index < -0.39 is 5.82 Å². The fourth-order valence-electron chi connectivity index (χ4n) is 3.77. The van der Waals surface area contributed by atoms with E-state index in [-0.39, 0.29) is 16.8 Å². The number of halogens is 2. The number of carbonyl (C=O) groups is 1. The van der Waals surface area contributed by atoms with Crippen molar-refractivity contribution in [2.24, 2.45) is 13.0 Å². The molecule has 0 unspecified atom stereocenters. The molecule has 0 radical (unpaired) electrons. The fourth-order valence-corrected chi connectivity index (χ4v) is 3.95. The molecular formula is C21H22ClFN4O. The molecule has 1 aliphatic heterocycles. The van der Waals surface area contributed by atoms with Gasteiger partial charge in [0.25, 0.3) is 0 Å². The van der Waals surface area contributed by atoms with Crippen molar-refractivity contribution in [1.82, 2.24) is 14.5 Å². The van der Waals surface area contributed by atoms with E-state index in [0.29, 0.717) is 18.8 Å². The third kappa shape index (κ3) is 3.88. The quantitative estimate of drug-likeness (QED) is 0.713. The summed E-state index contributed by atoms with van der Waals surface area (Å²) in [4.78, 5) is 19.7. The molecule has 0 saturated carbocycles. The number of likely N-dealkylation sites (tertiary alicyclic amines) is 1. The Hall–Kier alpha value is -2.44. The fraction of sp³-hybridized carbons (Fsp3) is 0.333. The Morgan fingerprint density at radius 1 is 1.32 bits per heavy atom. The molecule has 7 heteroatoms. The van der Waals surface area contributed by atoms with E-state index in [2.05, 4.69) is 20.9 Å². The highest BCUT2D eigenvalue weighted by Gasteiger charge is 2.27. The number of carbonyl (C=O) groups excluding carboxylic acids is 1. The predicted molar refractivity (Wildman–Crippen MR) is 109 cm³/mol. The molecule has 5 nitrogen and oxygen atoms in total. The monoisotopic (exact) mass is 400 g/mol. The van der Waals surface area contributed by atoms with Crippen molar-refractivity contribution in [3.8, 4) is 0 Å². The average Bonchev–Trinajstić information content (AvgIpc) is 3.01. The summed E-state index contributed by atoms with van der Waals surface area (Å²) in [5.41, 5.74) is 2.61. The van der Waals surface area contributed by atoms with Gasteiger partial charge >= 0.3 is 0 Å². The van der Waals surface area contributed by atoms with E-state index >= 15 is 0 Å². The van der Waals surface area contributed by atoms with Crippen LogP contribution < -0.4 is 5.32 Å². The maximum atomic E-state index is 13.3. The van der Waals surface area contributed by atoms with Gasteiger partial charge in [-0.25, -0.2) is 9.37 Å². The molecule has 1 saturated heterocycles. The van der Waals surface area contributed by atoms with Crippen molar-refractivity contribution in [1.29, 1.82) is 0 Å². The molecule has 0 bridgehead atoms. The van der Waals surface area contributed by atoms with Gasteiger partial charge in [-0.3, -0.25) is 9.69 Å². The molecule has 2 heterocycles. The number of hydrogen-bond acceptors (Lipinski definition) is 3. The van der Waals surface area contributed by atoms with Gasteiger partial charge in [0, 0.05) is 19.3 Å². The van der Waals surface area contributed by atoms with E-state index in [1.165, 1.54) is 18.2 Å². The lowest BCUT2D eigenvalue weighted by atomic mass is 9.97. The number of aryl methyl sites for hydroxylation is 1. The van der Waals surface area contributed by atoms with Crippen LogP contribution in [0.15, 0.2) is 42.5 Å². The molecule has 1 fully saturated rings. The number of anilines is 1. The number of nitrogens with zero attached hydrogens (tertiary/aromatic N) is 3. The topological polar surface area (TPSA) is 50.2 Å². The standard InChI is InChI=1S/C21H22ClFN4O/c1-26-19-7-3-2-6-18(19)25-20(26)13-27-10-4-5-14(12-27)21(28)24-15-8-9-17(23)16(22)11-15/h2-3,6-9,11,14H,4-5,10,12-13H2,1H3,(H,24,28)/t14-/m1/s1. The molecule has 1 amide bonds. The maximum absolute atomic E-state index is 13.3. The van der Waals surface area contributed by atoms with E-state index in [1.54, 1.807) is 0 Å². The third-order valence-electron chi connectivity index (χ3n) is 5.31. The van der Waals surface area contributed by atoms with Crippen molar-refractivity contribution >= 4 is 34.2 Å². The summed E-state index contributed by atoms with van der Waals surface area (Å²) < 4.78 is 15.4. The van der Waals surface area contributed by atoms with Gasteiger partial charge in [0.05, 0.1) is 28.5 Å². The average molecular weight is 401 g/mol. The lowest BCUT2D eigenvalue weighted by Crippen LogP contribution is -2.40. The largest absolute Gasteiger partial charge is 0.330 e. The summed E-state index contributed by atoms with van der Waals surface area (Å²) in [6.07, 6.45) is 1.78. The van der Waals surface area contributed by atoms with Crippen LogP contribution in [0.2, 0.25) is 5.02 Å². The van der Waals surface area contributed by atoms with Gasteiger partial charge in [0.2, 0.25) is 5.91 Å². The molecule has 1 aromatic heterocycles. The van der Waals surface area contributed by atoms with Gasteiger partial charge in [0.15, 0.2) is 0 Å². The molecule has 146 valence electrons. The first-order valence-electron chi connectivity index (χ1n) is 9.40. The van der Waals surface area contributed by atoms with Crippen LogP contribution in [0, 0.1) is 11.7 Å². The first-order valence-corrected chi connectivity index (χ1v) is 9.77. The van der Waals surface area contributed by atoms with Crippen LogP contribution in [0.25, 0.3) is 11.0 Å². The minimum Gasteiger partial charge on any atom is -0.330 e. The maximum Gasteiger partial charge on any atom is 0.228 e. The van der Waals surface area contributed by atoms with E-state index in [9.17, 15) is 9.18 Å². The minimum atomic E-state index is -0.494. The highest BCUT2D eigenvalue weighted by molar-refractivity contribution is 6.31. The lowest BCUT2D eigenvalue weighted by Gasteiger charge is -2.31. The number of piperidine rings is 1. The first-order chi connectivity index (χ1) is 13.5. The molecule has 1 atom stereocenters. The lowest BCUT2D eigenvalue weighted by molar-refractivity contribution is -0.121. The molecule has 1 aliphatic rings. The van der Waals surface area contributed by atoms with Crippen molar-refractivity contribution < 1.29 is 9.18 Å². The first kappa shape index (κ1) is 18.9. The minimum absolute atomic E-state index is 0.00455. The van der Waals surface area contributed by atoms with Crippen molar-refractivity contribution in [3.05, 3.63) is 59.1 Å². The highest BCUT2D eigenvalue weighted by Crippen LogP contribution is 2.24. The summed E-state index contributed by atoms with van der Waals surface area (Å²) in [5, 5.41) is 2.86. The van der Waals surface area contributed by atoms with Crippen LogP contribution in [0.5, 0.6) is 0 Å². The second-order valence-electron chi connectivity index (χ2n) is 7.27. The number of para-hydroxylation sites is 2. The van der Waals surface area contributed by atoms with Gasteiger partial charge in [0.1, 0.15) is 11.6 Å². The van der Waals surface area contributed by atoms with Gasteiger partial charge < -0.3 is 9.88 Å². The molecule has 4 rings (SSSR count). The molecule has 3 aromatic rings. The number of nitrogens with one attached hydrogen (secondary N) is 1. The Kier molecular flexibility index (Phi) is 5.33. The summed E-state index contributed by atoms with van der Waals surface area (Å²) in [6.45, 7) is 2.32. The van der Waals surface area contributed by atoms with Gasteiger partial charge in [-0.1, -0.05) is 23.7 Å². The van der Waals surface area contributed by atoms with Crippen molar-refractivity contribution in [3.63, 3.8) is 0 Å². The number of imidazole rings is 1. The molecule has 0 aliphatic carbocycles. The van der Waals surface area contributed by atoms with Gasteiger partial charge in [-0.15, -0.1) is 0 Å². The van der Waals surface area contributed by atoms with Crippen LogP contribution in [-0.4, -0.2) is 33.4 Å². The second kappa shape index (κ2) is 7.89. The number of aromatic nitrogens is 2. The van der Waals surface area contributed by atoms with Crippen LogP contribution in [0.1, 0.15) is 18.7 Å². The number of amides is 1.